The molecule has 0 aromatic heterocycles. The molecule has 10 aromatic rings. The molecule has 0 saturated carbocycles. The molecule has 0 radical (unpaired) electrons. The molecule has 3 aliphatic heterocycles. The Morgan fingerprint density at radius 2 is 0.459 bits per heavy atom. The van der Waals surface area contributed by atoms with Gasteiger partial charge in [-0.25, -0.2) is 0 Å². The van der Waals surface area contributed by atoms with Gasteiger partial charge in [0.1, 0.15) is 73.2 Å². The smallest absolute Gasteiger partial charge is 0.187 e. The molecule has 3 aliphatic rings. The van der Waals surface area contributed by atoms with Crippen LogP contribution in [-0.2, 0) is 142 Å². The van der Waals surface area contributed by atoms with Crippen molar-refractivity contribution >= 4 is 0 Å². The summed E-state index contributed by atoms with van der Waals surface area (Å²) in [5.74, 6) is 0. The highest BCUT2D eigenvalue weighted by atomic mass is 16.8. The maximum Gasteiger partial charge on any atom is 0.187 e. The Balaban J connectivity index is 0.961. The first-order valence-electron chi connectivity index (χ1n) is 37.4. The average Bonchev–Trinajstić information content (AvgIpc) is 0.760. The summed E-state index contributed by atoms with van der Waals surface area (Å²) in [7, 11) is 0. The molecule has 15 atom stereocenters. The summed E-state index contributed by atoms with van der Waals surface area (Å²) >= 11 is 0. The normalized spacial score (nSPS) is 24.1. The van der Waals surface area contributed by atoms with Crippen molar-refractivity contribution in [3.8, 4) is 0 Å². The van der Waals surface area contributed by atoms with Crippen LogP contribution in [-0.4, -0.2) is 125 Å². The van der Waals surface area contributed by atoms with E-state index in [-0.39, 0.29) is 99.0 Å². The minimum atomic E-state index is -1.38. The number of hydrogen-bond acceptors (Lipinski definition) is 17. The molecule has 3 heterocycles. The molecule has 0 aliphatic carbocycles. The molecule has 10 aromatic carbocycles. The molecule has 13 rings (SSSR count). The van der Waals surface area contributed by atoms with Crippen molar-refractivity contribution in [2.24, 2.45) is 5.11 Å². The van der Waals surface area contributed by atoms with E-state index in [2.05, 4.69) is 10.0 Å². The van der Waals surface area contributed by atoms with Gasteiger partial charge in [-0.05, 0) is 61.2 Å². The van der Waals surface area contributed by atoms with E-state index in [9.17, 15) is 5.53 Å². The van der Waals surface area contributed by atoms with E-state index in [1.54, 1.807) is 0 Å². The number of ether oxygens (including phenoxy) is 16. The maximum atomic E-state index is 9.48. The van der Waals surface area contributed by atoms with E-state index in [4.69, 9.17) is 75.8 Å². The van der Waals surface area contributed by atoms with Gasteiger partial charge in [0.2, 0.25) is 0 Å². The van der Waals surface area contributed by atoms with Gasteiger partial charge in [0, 0.05) is 11.5 Å². The molecule has 19 heteroatoms. The van der Waals surface area contributed by atoms with Gasteiger partial charge < -0.3 is 75.8 Å². The van der Waals surface area contributed by atoms with E-state index in [1.807, 2.05) is 303 Å². The standard InChI is InChI=1S/C90H95N3O16/c91-93-92-51-52-97-88-85(102-60-73-45-25-8-26-46-73)83(101-59-72-43-23-7-24-44-72)81(78(105-88)65-96-55-68-35-15-3-16-36-68)108-90-87(104-62-75-49-29-10-30-50-75)84(80(99-57-70-39-19-5-20-40-70)77(107-90)64-95-54-67-33-13-2-14-34-67)109-89-86(103-61-74-47-27-9-28-48-74)82(100-58-71-41-21-6-22-42-71)79(98-56-69-37-17-4-18-38-69)76(106-89)63-94-53-66-31-11-1-12-32-66/h1-50,76-90H,51-65H2/t76-,77-,78-,79+,80+,81-,82+,83+,84+,85-,86-,87-,88-,89-,90+/m1/s1. The van der Waals surface area contributed by atoms with Crippen molar-refractivity contribution in [1.29, 1.82) is 0 Å². The highest BCUT2D eigenvalue weighted by Gasteiger charge is 2.58. The Morgan fingerprint density at radius 3 is 0.761 bits per heavy atom. The summed E-state index contributed by atoms with van der Waals surface area (Å²) < 4.78 is 117. The minimum Gasteiger partial charge on any atom is -0.374 e. The van der Waals surface area contributed by atoms with E-state index in [0.29, 0.717) is 0 Å². The van der Waals surface area contributed by atoms with Crippen LogP contribution in [0.5, 0.6) is 0 Å². The van der Waals surface area contributed by atoms with Crippen molar-refractivity contribution < 1.29 is 75.8 Å². The Morgan fingerprint density at radius 1 is 0.239 bits per heavy atom. The molecular weight excluding hydrogens is 1380 g/mol. The molecule has 0 N–H and O–H groups in total. The zero-order valence-electron chi connectivity index (χ0n) is 61.0. The Hall–Kier alpha value is -9.13. The Labute approximate surface area is 638 Å². The lowest BCUT2D eigenvalue weighted by molar-refractivity contribution is -0.396. The lowest BCUT2D eigenvalue weighted by Crippen LogP contribution is -2.68. The molecular formula is C90H95N3O16. The van der Waals surface area contributed by atoms with Gasteiger partial charge in [-0.1, -0.05) is 308 Å². The van der Waals surface area contributed by atoms with Crippen molar-refractivity contribution in [1.82, 2.24) is 0 Å². The molecule has 19 nitrogen and oxygen atoms in total. The zero-order chi connectivity index (χ0) is 74.1. The first-order chi connectivity index (χ1) is 54.0. The van der Waals surface area contributed by atoms with Crippen LogP contribution < -0.4 is 0 Å². The second-order valence-electron chi connectivity index (χ2n) is 27.0. The van der Waals surface area contributed by atoms with Crippen LogP contribution in [0, 0.1) is 0 Å². The van der Waals surface area contributed by atoms with Crippen molar-refractivity contribution in [3.05, 3.63) is 369 Å². The third kappa shape index (κ3) is 23.7. The zero-order valence-corrected chi connectivity index (χ0v) is 61.0. The number of benzene rings is 10. The van der Waals surface area contributed by atoms with Crippen molar-refractivity contribution in [3.63, 3.8) is 0 Å². The number of rotatable bonds is 41. The fraction of sp³-hybridized carbons (Fsp3) is 0.333. The number of azide groups is 1. The number of nitrogens with zero attached hydrogens (tertiary/aromatic N) is 3. The summed E-state index contributed by atoms with van der Waals surface area (Å²) in [6, 6.07) is 99.5. The Bertz CT molecular complexity index is 4180. The first kappa shape index (κ1) is 78.0. The molecule has 0 amide bonds. The lowest BCUT2D eigenvalue weighted by Gasteiger charge is -2.52. The van der Waals surface area contributed by atoms with Gasteiger partial charge in [0.25, 0.3) is 0 Å². The van der Waals surface area contributed by atoms with Gasteiger partial charge in [-0.15, -0.1) is 0 Å². The second kappa shape index (κ2) is 42.7. The molecule has 3 fully saturated rings. The molecule has 0 spiro atoms. The van der Waals surface area contributed by atoms with Crippen LogP contribution in [0.15, 0.2) is 308 Å². The third-order valence-electron chi connectivity index (χ3n) is 19.1. The van der Waals surface area contributed by atoms with Crippen LogP contribution in [0.25, 0.3) is 10.4 Å². The third-order valence-corrected chi connectivity index (χ3v) is 19.1. The molecule has 0 unspecified atom stereocenters. The average molecular weight is 1470 g/mol. The first-order valence-corrected chi connectivity index (χ1v) is 37.4. The van der Waals surface area contributed by atoms with Crippen molar-refractivity contribution in [2.45, 2.75) is 158 Å². The van der Waals surface area contributed by atoms with Crippen LogP contribution in [0.1, 0.15) is 55.6 Å². The van der Waals surface area contributed by atoms with Gasteiger partial charge >= 0.3 is 0 Å². The van der Waals surface area contributed by atoms with Crippen LogP contribution >= 0.6 is 0 Å². The molecule has 3 saturated heterocycles. The fourth-order valence-electron chi connectivity index (χ4n) is 13.6. The van der Waals surface area contributed by atoms with Crippen molar-refractivity contribution in [2.75, 3.05) is 33.0 Å². The highest BCUT2D eigenvalue weighted by molar-refractivity contribution is 5.22. The van der Waals surface area contributed by atoms with E-state index in [1.165, 1.54) is 0 Å². The summed E-state index contributed by atoms with van der Waals surface area (Å²) in [6.45, 7) is 1.60. The van der Waals surface area contributed by atoms with Gasteiger partial charge in [-0.2, -0.15) is 0 Å². The van der Waals surface area contributed by atoms with Gasteiger partial charge in [-0.3, -0.25) is 0 Å². The van der Waals surface area contributed by atoms with Crippen LogP contribution in [0.2, 0.25) is 0 Å². The molecule has 0 bridgehead atoms. The van der Waals surface area contributed by atoms with E-state index < -0.39 is 92.1 Å². The van der Waals surface area contributed by atoms with Crippen LogP contribution in [0.4, 0.5) is 0 Å². The fourth-order valence-corrected chi connectivity index (χ4v) is 13.6. The summed E-state index contributed by atoms with van der Waals surface area (Å²) in [6.07, 6.45) is -15.9. The molecule has 566 valence electrons. The monoisotopic (exact) mass is 1470 g/mol. The van der Waals surface area contributed by atoms with Crippen LogP contribution in [0.3, 0.4) is 0 Å². The van der Waals surface area contributed by atoms with E-state index in [0.717, 1.165) is 55.6 Å². The Kier molecular flexibility index (Phi) is 30.6. The SMILES string of the molecule is [N-]=[N+]=NCCO[C@@H]1O[C@H](COCc2ccccc2)[C@@H](O[C@@H]2O[C@H](COCc3ccccc3)[C@H](OCc3ccccc3)[C@H](O[C@H]3O[C@H](COCc4ccccc4)[C@H](OCc4ccccc4)[C@H](OCc4ccccc4)[C@H]3OCc3ccccc3)[C@H]2OCc2ccccc2)[C@H](OCc2ccccc2)[C@H]1OCc1ccccc1. The van der Waals surface area contributed by atoms with Gasteiger partial charge in [0.05, 0.1) is 92.5 Å². The minimum absolute atomic E-state index is 0.0109. The van der Waals surface area contributed by atoms with E-state index >= 15 is 0 Å². The summed E-state index contributed by atoms with van der Waals surface area (Å²) in [5, 5.41) is 3.83. The largest absolute Gasteiger partial charge is 0.374 e. The number of hydrogen-bond donors (Lipinski definition) is 0. The molecule has 109 heavy (non-hydrogen) atoms. The maximum absolute atomic E-state index is 9.48. The summed E-state index contributed by atoms with van der Waals surface area (Å²) in [4.78, 5) is 3.03. The highest BCUT2D eigenvalue weighted by Crippen LogP contribution is 2.40. The topological polar surface area (TPSA) is 196 Å². The lowest BCUT2D eigenvalue weighted by atomic mass is 9.94. The second-order valence-corrected chi connectivity index (χ2v) is 27.0. The summed E-state index contributed by atoms with van der Waals surface area (Å²) in [5.41, 5.74) is 18.6. The quantitative estimate of drug-likeness (QED) is 0.0152. The predicted octanol–water partition coefficient (Wildman–Crippen LogP) is 16.0. The predicted molar refractivity (Wildman–Crippen MR) is 409 cm³/mol. The van der Waals surface area contributed by atoms with Gasteiger partial charge in [0.15, 0.2) is 18.9 Å².